The van der Waals surface area contributed by atoms with Crippen LogP contribution < -0.4 is 16.4 Å². The zero-order valence-electron chi connectivity index (χ0n) is 9.93. The van der Waals surface area contributed by atoms with Gasteiger partial charge in [0.2, 0.25) is 5.91 Å². The molecule has 0 spiro atoms. The Kier molecular flexibility index (Phi) is 5.15. The summed E-state index contributed by atoms with van der Waals surface area (Å²) in [6.07, 6.45) is 1.34. The van der Waals surface area contributed by atoms with Gasteiger partial charge in [0.1, 0.15) is 24.0 Å². The summed E-state index contributed by atoms with van der Waals surface area (Å²) in [5.41, 5.74) is 5.50. The van der Waals surface area contributed by atoms with E-state index in [2.05, 4.69) is 20.6 Å². The molecule has 0 aliphatic carbocycles. The van der Waals surface area contributed by atoms with Crippen LogP contribution in [0.5, 0.6) is 0 Å². The lowest BCUT2D eigenvalue weighted by atomic mass is 10.3. The van der Waals surface area contributed by atoms with Crippen LogP contribution in [0.2, 0.25) is 0 Å². The highest BCUT2D eigenvalue weighted by atomic mass is 16.5. The molecule has 0 saturated heterocycles. The van der Waals surface area contributed by atoms with Crippen LogP contribution in [-0.4, -0.2) is 42.2 Å². The van der Waals surface area contributed by atoms with Gasteiger partial charge in [-0.15, -0.1) is 0 Å². The van der Waals surface area contributed by atoms with Gasteiger partial charge in [0, 0.05) is 19.7 Å². The highest BCUT2D eigenvalue weighted by molar-refractivity contribution is 5.83. The van der Waals surface area contributed by atoms with Crippen LogP contribution in [0.1, 0.15) is 6.92 Å². The normalized spacial score (nSPS) is 11.9. The number of hydrogen-bond donors (Lipinski definition) is 3. The van der Waals surface area contributed by atoms with Gasteiger partial charge >= 0.3 is 0 Å². The van der Waals surface area contributed by atoms with Crippen LogP contribution in [0, 0.1) is 0 Å². The van der Waals surface area contributed by atoms with Gasteiger partial charge in [-0.1, -0.05) is 0 Å². The summed E-state index contributed by atoms with van der Waals surface area (Å²) >= 11 is 0. The quantitative estimate of drug-likeness (QED) is 0.585. The van der Waals surface area contributed by atoms with Crippen LogP contribution in [0.15, 0.2) is 12.4 Å². The van der Waals surface area contributed by atoms with Crippen LogP contribution in [0.4, 0.5) is 11.6 Å². The number of carbonyl (C=O) groups is 1. The molecule has 0 aliphatic rings. The standard InChI is InChI=1S/C10H17N5O2/c1-7(10(16)12-3-4-17-2)15-9-5-8(11)13-6-14-9/h5-7H,3-4H2,1-2H3,(H,12,16)(H3,11,13,14,15). The molecule has 0 fully saturated rings. The van der Waals surface area contributed by atoms with Gasteiger partial charge in [-0.05, 0) is 6.92 Å². The van der Waals surface area contributed by atoms with Crippen molar-refractivity contribution in [2.45, 2.75) is 13.0 Å². The van der Waals surface area contributed by atoms with Crippen molar-refractivity contribution >= 4 is 17.5 Å². The Morgan fingerprint density at radius 2 is 2.35 bits per heavy atom. The van der Waals surface area contributed by atoms with Gasteiger partial charge in [-0.25, -0.2) is 9.97 Å². The Bertz CT molecular complexity index is 371. The first kappa shape index (κ1) is 13.2. The number of nitrogens with one attached hydrogen (secondary N) is 2. The average Bonchev–Trinajstić information content (AvgIpc) is 2.29. The van der Waals surface area contributed by atoms with E-state index in [1.807, 2.05) is 0 Å². The lowest BCUT2D eigenvalue weighted by Crippen LogP contribution is -2.39. The third kappa shape index (κ3) is 4.64. The van der Waals surface area contributed by atoms with E-state index in [0.29, 0.717) is 24.8 Å². The second kappa shape index (κ2) is 6.64. The van der Waals surface area contributed by atoms with Gasteiger partial charge in [-0.2, -0.15) is 0 Å². The van der Waals surface area contributed by atoms with Gasteiger partial charge in [0.25, 0.3) is 0 Å². The minimum absolute atomic E-state index is 0.126. The number of carbonyl (C=O) groups excluding carboxylic acids is 1. The Morgan fingerprint density at radius 1 is 1.59 bits per heavy atom. The van der Waals surface area contributed by atoms with Crippen LogP contribution in [0.25, 0.3) is 0 Å². The molecule has 0 aliphatic heterocycles. The van der Waals surface area contributed by atoms with Gasteiger partial charge < -0.3 is 21.1 Å². The number of nitrogen functional groups attached to an aromatic ring is 1. The van der Waals surface area contributed by atoms with E-state index in [1.54, 1.807) is 20.1 Å². The first-order chi connectivity index (χ1) is 8.13. The first-order valence-corrected chi connectivity index (χ1v) is 5.24. The number of aromatic nitrogens is 2. The van der Waals surface area contributed by atoms with E-state index in [9.17, 15) is 4.79 Å². The third-order valence-electron chi connectivity index (χ3n) is 2.05. The number of anilines is 2. The number of methoxy groups -OCH3 is 1. The molecule has 94 valence electrons. The van der Waals surface area contributed by atoms with Crippen molar-refractivity contribution in [2.24, 2.45) is 0 Å². The fourth-order valence-electron chi connectivity index (χ4n) is 1.17. The van der Waals surface area contributed by atoms with Crippen molar-refractivity contribution in [2.75, 3.05) is 31.3 Å². The Balaban J connectivity index is 2.43. The minimum Gasteiger partial charge on any atom is -0.384 e. The van der Waals surface area contributed by atoms with Crippen LogP contribution >= 0.6 is 0 Å². The predicted molar refractivity (Wildman–Crippen MR) is 64.4 cm³/mol. The predicted octanol–water partition coefficient (Wildman–Crippen LogP) is -0.378. The molecule has 4 N–H and O–H groups in total. The van der Waals surface area contributed by atoms with Gasteiger partial charge in [-0.3, -0.25) is 4.79 Å². The molecule has 1 atom stereocenters. The molecule has 1 aromatic rings. The van der Waals surface area contributed by atoms with E-state index >= 15 is 0 Å². The Morgan fingerprint density at radius 3 is 3.00 bits per heavy atom. The van der Waals surface area contributed by atoms with Crippen molar-refractivity contribution < 1.29 is 9.53 Å². The fraction of sp³-hybridized carbons (Fsp3) is 0.500. The molecule has 7 heteroatoms. The van der Waals surface area contributed by atoms with Crippen LogP contribution in [-0.2, 0) is 9.53 Å². The summed E-state index contributed by atoms with van der Waals surface area (Å²) in [5, 5.41) is 5.64. The van der Waals surface area contributed by atoms with E-state index in [1.165, 1.54) is 6.33 Å². The van der Waals surface area contributed by atoms with Gasteiger partial charge in [0.15, 0.2) is 0 Å². The largest absolute Gasteiger partial charge is 0.384 e. The summed E-state index contributed by atoms with van der Waals surface area (Å²) in [6.45, 7) is 2.70. The van der Waals surface area contributed by atoms with Crippen molar-refractivity contribution in [3.8, 4) is 0 Å². The third-order valence-corrected chi connectivity index (χ3v) is 2.05. The highest BCUT2D eigenvalue weighted by Crippen LogP contribution is 2.06. The number of hydrogen-bond acceptors (Lipinski definition) is 6. The topological polar surface area (TPSA) is 102 Å². The molecule has 0 aromatic carbocycles. The number of ether oxygens (including phenoxy) is 1. The van der Waals surface area contributed by atoms with Crippen molar-refractivity contribution in [3.05, 3.63) is 12.4 Å². The average molecular weight is 239 g/mol. The van der Waals surface area contributed by atoms with E-state index in [4.69, 9.17) is 10.5 Å². The number of amides is 1. The second-order valence-corrected chi connectivity index (χ2v) is 3.48. The molecule has 7 nitrogen and oxygen atoms in total. The lowest BCUT2D eigenvalue weighted by Gasteiger charge is -2.14. The smallest absolute Gasteiger partial charge is 0.242 e. The molecule has 1 amide bonds. The molecule has 1 unspecified atom stereocenters. The molecule has 0 radical (unpaired) electrons. The Labute approximate surface area is 99.8 Å². The summed E-state index contributed by atoms with van der Waals surface area (Å²) < 4.78 is 4.83. The number of nitrogens with zero attached hydrogens (tertiary/aromatic N) is 2. The second-order valence-electron chi connectivity index (χ2n) is 3.48. The molecule has 0 bridgehead atoms. The van der Waals surface area contributed by atoms with Gasteiger partial charge in [0.05, 0.1) is 6.61 Å². The zero-order chi connectivity index (χ0) is 12.7. The minimum atomic E-state index is -0.402. The van der Waals surface area contributed by atoms with Crippen molar-refractivity contribution in [1.82, 2.24) is 15.3 Å². The molecule has 1 aromatic heterocycles. The van der Waals surface area contributed by atoms with Crippen molar-refractivity contribution in [1.29, 1.82) is 0 Å². The monoisotopic (exact) mass is 239 g/mol. The lowest BCUT2D eigenvalue weighted by molar-refractivity contribution is -0.121. The van der Waals surface area contributed by atoms with Crippen molar-refractivity contribution in [3.63, 3.8) is 0 Å². The summed E-state index contributed by atoms with van der Waals surface area (Å²) in [4.78, 5) is 19.3. The molecule has 1 rings (SSSR count). The SMILES string of the molecule is COCCNC(=O)C(C)Nc1cc(N)ncn1. The number of rotatable bonds is 6. The fourth-order valence-corrected chi connectivity index (χ4v) is 1.17. The van der Waals surface area contributed by atoms with E-state index < -0.39 is 6.04 Å². The Hall–Kier alpha value is -1.89. The molecule has 1 heterocycles. The molecule has 0 saturated carbocycles. The zero-order valence-corrected chi connectivity index (χ0v) is 9.93. The summed E-state index contributed by atoms with van der Waals surface area (Å²) in [6, 6.07) is 1.17. The van der Waals surface area contributed by atoms with Crippen LogP contribution in [0.3, 0.4) is 0 Å². The summed E-state index contributed by atoms with van der Waals surface area (Å²) in [7, 11) is 1.58. The van der Waals surface area contributed by atoms with E-state index in [-0.39, 0.29) is 5.91 Å². The number of nitrogens with two attached hydrogens (primary N) is 1. The maximum atomic E-state index is 11.6. The molecular weight excluding hydrogens is 222 g/mol. The highest BCUT2D eigenvalue weighted by Gasteiger charge is 2.12. The van der Waals surface area contributed by atoms with E-state index in [0.717, 1.165) is 0 Å². The molecular formula is C10H17N5O2. The molecule has 17 heavy (non-hydrogen) atoms. The first-order valence-electron chi connectivity index (χ1n) is 5.24. The maximum absolute atomic E-state index is 11.6. The summed E-state index contributed by atoms with van der Waals surface area (Å²) in [5.74, 6) is 0.751. The maximum Gasteiger partial charge on any atom is 0.242 e.